The Morgan fingerprint density at radius 2 is 1.69 bits per heavy atom. The zero-order valence-electron chi connectivity index (χ0n) is 19.3. The number of fused-ring (bicyclic) bond motifs is 1. The summed E-state index contributed by atoms with van der Waals surface area (Å²) in [6, 6.07) is -2.41. The van der Waals surface area contributed by atoms with E-state index in [2.05, 4.69) is 10.6 Å². The van der Waals surface area contributed by atoms with Crippen LogP contribution in [0.25, 0.3) is 0 Å². The van der Waals surface area contributed by atoms with E-state index in [0.29, 0.717) is 25.8 Å². The fraction of sp³-hybridized carbons (Fsp3) is 0.818. The van der Waals surface area contributed by atoms with Crippen molar-refractivity contribution in [1.82, 2.24) is 20.4 Å². The van der Waals surface area contributed by atoms with Gasteiger partial charge in [0.25, 0.3) is 0 Å². The Bertz CT molecular complexity index is 730. The number of nitrogens with one attached hydrogen (secondary N) is 2. The van der Waals surface area contributed by atoms with Crippen molar-refractivity contribution in [3.8, 4) is 0 Å². The molecule has 0 aromatic carbocycles. The van der Waals surface area contributed by atoms with Crippen molar-refractivity contribution in [1.29, 1.82) is 0 Å². The van der Waals surface area contributed by atoms with Crippen LogP contribution in [0.15, 0.2) is 0 Å². The van der Waals surface area contributed by atoms with Crippen LogP contribution in [-0.2, 0) is 14.3 Å². The molecule has 0 bridgehead atoms. The zero-order chi connectivity index (χ0) is 23.5. The van der Waals surface area contributed by atoms with Gasteiger partial charge in [-0.3, -0.25) is 4.79 Å². The summed E-state index contributed by atoms with van der Waals surface area (Å²) in [6.07, 6.45) is 5.87. The van der Waals surface area contributed by atoms with Crippen LogP contribution in [-0.4, -0.2) is 81.8 Å². The third kappa shape index (κ3) is 6.04. The van der Waals surface area contributed by atoms with E-state index in [-0.39, 0.29) is 24.7 Å². The van der Waals surface area contributed by atoms with E-state index in [9.17, 15) is 24.3 Å². The molecule has 2 heterocycles. The summed E-state index contributed by atoms with van der Waals surface area (Å²) in [5, 5.41) is 15.3. The standard InChI is InChI=1S/C22H36N4O6/c1-22(2,3)32-21(31)24-16-13-25(20(30)23-14-7-5-4-6-8-14)12-11-15-9-10-17(19(28)29)26(15)18(16)27/h14-17H,4-13H2,1-3H3,(H,23,30)(H,24,31)(H,28,29)/t15-,16+,17+/m1/s1. The summed E-state index contributed by atoms with van der Waals surface area (Å²) >= 11 is 0. The monoisotopic (exact) mass is 452 g/mol. The second kappa shape index (κ2) is 9.95. The van der Waals surface area contributed by atoms with Gasteiger partial charge < -0.3 is 30.3 Å². The van der Waals surface area contributed by atoms with Gasteiger partial charge in [-0.05, 0) is 52.9 Å². The first kappa shape index (κ1) is 24.1. The molecule has 1 aliphatic carbocycles. The quantitative estimate of drug-likeness (QED) is 0.601. The lowest BCUT2D eigenvalue weighted by atomic mass is 9.96. The van der Waals surface area contributed by atoms with Crippen molar-refractivity contribution < 1.29 is 29.0 Å². The number of hydrogen-bond donors (Lipinski definition) is 3. The summed E-state index contributed by atoms with van der Waals surface area (Å²) in [5.41, 5.74) is -0.757. The molecular formula is C22H36N4O6. The average Bonchev–Trinajstić information content (AvgIpc) is 3.11. The van der Waals surface area contributed by atoms with Gasteiger partial charge in [-0.15, -0.1) is 0 Å². The summed E-state index contributed by atoms with van der Waals surface area (Å²) < 4.78 is 5.31. The van der Waals surface area contributed by atoms with E-state index < -0.39 is 35.7 Å². The smallest absolute Gasteiger partial charge is 0.408 e. The number of carboxylic acids is 1. The fourth-order valence-electron chi connectivity index (χ4n) is 4.87. The Hall–Kier alpha value is -2.52. The number of ether oxygens (including phenoxy) is 1. The van der Waals surface area contributed by atoms with Crippen molar-refractivity contribution in [2.24, 2.45) is 0 Å². The van der Waals surface area contributed by atoms with Gasteiger partial charge in [0, 0.05) is 18.6 Å². The van der Waals surface area contributed by atoms with E-state index in [4.69, 9.17) is 4.74 Å². The molecule has 4 amide bonds. The molecule has 2 saturated heterocycles. The number of urea groups is 1. The molecule has 0 aromatic rings. The maximum absolute atomic E-state index is 13.4. The Balaban J connectivity index is 1.77. The minimum Gasteiger partial charge on any atom is -0.480 e. The van der Waals surface area contributed by atoms with E-state index >= 15 is 0 Å². The van der Waals surface area contributed by atoms with Crippen molar-refractivity contribution in [2.75, 3.05) is 13.1 Å². The maximum Gasteiger partial charge on any atom is 0.408 e. The van der Waals surface area contributed by atoms with Gasteiger partial charge in [-0.1, -0.05) is 19.3 Å². The SMILES string of the molecule is CC(C)(C)OC(=O)N[C@H]1CN(C(=O)NC2CCCCC2)CC[C@H]2CC[C@@H](C(=O)O)N2C1=O. The van der Waals surface area contributed by atoms with Crippen molar-refractivity contribution in [3.63, 3.8) is 0 Å². The third-order valence-corrected chi connectivity index (χ3v) is 6.39. The predicted octanol–water partition coefficient (Wildman–Crippen LogP) is 2.07. The number of hydrogen-bond acceptors (Lipinski definition) is 5. The molecule has 1 saturated carbocycles. The molecule has 0 spiro atoms. The number of carbonyl (C=O) groups is 4. The average molecular weight is 453 g/mol. The largest absolute Gasteiger partial charge is 0.480 e. The van der Waals surface area contributed by atoms with E-state index in [1.54, 1.807) is 25.7 Å². The summed E-state index contributed by atoms with van der Waals surface area (Å²) in [5.74, 6) is -1.54. The van der Waals surface area contributed by atoms with Gasteiger partial charge in [-0.25, -0.2) is 14.4 Å². The molecule has 3 fully saturated rings. The molecule has 0 unspecified atom stereocenters. The van der Waals surface area contributed by atoms with Gasteiger partial charge >= 0.3 is 18.1 Å². The van der Waals surface area contributed by atoms with E-state index in [1.807, 2.05) is 0 Å². The first-order valence-electron chi connectivity index (χ1n) is 11.6. The van der Waals surface area contributed by atoms with Crippen molar-refractivity contribution >= 4 is 24.0 Å². The van der Waals surface area contributed by atoms with Gasteiger partial charge in [0.05, 0.1) is 6.54 Å². The topological polar surface area (TPSA) is 128 Å². The number of carboxylic acid groups (broad SMARTS) is 1. The highest BCUT2D eigenvalue weighted by atomic mass is 16.6. The van der Waals surface area contributed by atoms with Crippen LogP contribution in [0.3, 0.4) is 0 Å². The number of carbonyl (C=O) groups excluding carboxylic acids is 3. The molecule has 3 N–H and O–H groups in total. The molecule has 3 rings (SSSR count). The molecule has 180 valence electrons. The Kier molecular flexibility index (Phi) is 7.51. The molecule has 3 atom stereocenters. The molecule has 0 aromatic heterocycles. The lowest BCUT2D eigenvalue weighted by Gasteiger charge is -2.38. The van der Waals surface area contributed by atoms with Crippen LogP contribution in [0.1, 0.15) is 72.1 Å². The molecular weight excluding hydrogens is 416 g/mol. The minimum atomic E-state index is -1.08. The van der Waals surface area contributed by atoms with Crippen molar-refractivity contribution in [2.45, 2.75) is 102 Å². The summed E-state index contributed by atoms with van der Waals surface area (Å²) in [6.45, 7) is 5.49. The second-order valence-corrected chi connectivity index (χ2v) is 10.0. The number of rotatable bonds is 3. The van der Waals surface area contributed by atoms with Crippen LogP contribution < -0.4 is 10.6 Å². The minimum absolute atomic E-state index is 0.0355. The van der Waals surface area contributed by atoms with Crippen molar-refractivity contribution in [3.05, 3.63) is 0 Å². The number of amides is 4. The number of nitrogens with zero attached hydrogens (tertiary/aromatic N) is 2. The Labute approximate surface area is 189 Å². The highest BCUT2D eigenvalue weighted by Crippen LogP contribution is 2.29. The first-order chi connectivity index (χ1) is 15.0. The highest BCUT2D eigenvalue weighted by Gasteiger charge is 2.45. The number of aliphatic carboxylic acids is 1. The molecule has 32 heavy (non-hydrogen) atoms. The molecule has 10 heteroatoms. The summed E-state index contributed by atoms with van der Waals surface area (Å²) in [4.78, 5) is 53.5. The van der Waals surface area contributed by atoms with Gasteiger partial charge in [0.1, 0.15) is 17.7 Å². The third-order valence-electron chi connectivity index (χ3n) is 6.39. The van der Waals surface area contributed by atoms with Gasteiger partial charge in [-0.2, -0.15) is 0 Å². The van der Waals surface area contributed by atoms with Crippen LogP contribution in [0.4, 0.5) is 9.59 Å². The molecule has 3 aliphatic rings. The predicted molar refractivity (Wildman–Crippen MR) is 116 cm³/mol. The lowest BCUT2D eigenvalue weighted by Crippen LogP contribution is -2.61. The van der Waals surface area contributed by atoms with E-state index in [0.717, 1.165) is 25.7 Å². The van der Waals surface area contributed by atoms with E-state index in [1.165, 1.54) is 11.3 Å². The van der Waals surface area contributed by atoms with Gasteiger partial charge in [0.15, 0.2) is 0 Å². The fourth-order valence-corrected chi connectivity index (χ4v) is 4.87. The van der Waals surface area contributed by atoms with Gasteiger partial charge in [0.2, 0.25) is 5.91 Å². The maximum atomic E-state index is 13.4. The second-order valence-electron chi connectivity index (χ2n) is 10.0. The first-order valence-corrected chi connectivity index (χ1v) is 11.6. The molecule has 0 radical (unpaired) electrons. The lowest BCUT2D eigenvalue weighted by molar-refractivity contribution is -0.151. The van der Waals surface area contributed by atoms with Crippen LogP contribution in [0, 0.1) is 0 Å². The zero-order valence-corrected chi connectivity index (χ0v) is 19.3. The Morgan fingerprint density at radius 3 is 2.31 bits per heavy atom. The number of alkyl carbamates (subject to hydrolysis) is 1. The highest BCUT2D eigenvalue weighted by molar-refractivity contribution is 5.91. The normalized spacial score (nSPS) is 27.2. The van der Waals surface area contributed by atoms with Crippen LogP contribution in [0.5, 0.6) is 0 Å². The Morgan fingerprint density at radius 1 is 1.00 bits per heavy atom. The van der Waals surface area contributed by atoms with Crippen LogP contribution >= 0.6 is 0 Å². The van der Waals surface area contributed by atoms with Crippen LogP contribution in [0.2, 0.25) is 0 Å². The summed E-state index contributed by atoms with van der Waals surface area (Å²) in [7, 11) is 0. The molecule has 10 nitrogen and oxygen atoms in total. The molecule has 2 aliphatic heterocycles.